The van der Waals surface area contributed by atoms with Crippen LogP contribution in [-0.2, 0) is 6.42 Å². The number of nitrogens with one attached hydrogen (secondary N) is 3. The van der Waals surface area contributed by atoms with E-state index in [9.17, 15) is 30.6 Å². The normalized spacial score (nSPS) is 13.0. The number of hydrogen-bond acceptors (Lipinski definition) is 9. The van der Waals surface area contributed by atoms with Gasteiger partial charge in [-0.1, -0.05) is 24.3 Å². The van der Waals surface area contributed by atoms with E-state index in [4.69, 9.17) is 9.97 Å². The highest BCUT2D eigenvalue weighted by Crippen LogP contribution is 2.43. The van der Waals surface area contributed by atoms with Crippen LogP contribution in [0.15, 0.2) is 72.8 Å². The Morgan fingerprint density at radius 2 is 0.873 bits per heavy atom. The van der Waals surface area contributed by atoms with Crippen molar-refractivity contribution in [2.45, 2.75) is 31.5 Å². The number of halogens is 8. The van der Waals surface area contributed by atoms with Gasteiger partial charge in [-0.2, -0.15) is 0 Å². The molecule has 9 rings (SSSR count). The van der Waals surface area contributed by atoms with Gasteiger partial charge in [0.05, 0.1) is 59.3 Å². The zero-order valence-electron chi connectivity index (χ0n) is 36.7. The average molecular weight is 982 g/mol. The van der Waals surface area contributed by atoms with Crippen molar-refractivity contribution in [3.63, 3.8) is 0 Å². The van der Waals surface area contributed by atoms with Crippen molar-refractivity contribution >= 4 is 52.1 Å². The van der Waals surface area contributed by atoms with E-state index in [0.717, 1.165) is 0 Å². The van der Waals surface area contributed by atoms with E-state index in [-0.39, 0.29) is 91.4 Å². The number of H-pyrrole nitrogens is 2. The molecule has 71 heavy (non-hydrogen) atoms. The van der Waals surface area contributed by atoms with Gasteiger partial charge >= 0.3 is 0 Å². The first-order valence-corrected chi connectivity index (χ1v) is 21.9. The predicted molar refractivity (Wildman–Crippen MR) is 251 cm³/mol. The van der Waals surface area contributed by atoms with Crippen molar-refractivity contribution in [1.82, 2.24) is 19.9 Å². The van der Waals surface area contributed by atoms with Crippen molar-refractivity contribution in [1.29, 1.82) is 0 Å². The standard InChI is InChI=1S/C52H39F8N5O6/c53-44-29(9-3-8-27(70)21-66)45(54)47(56)42(46(44)55)40-34-14-10-30(62-34)38(23-4-1-6-25(68)18-23)32-12-16-36(64-32)41(43-48(57)50(59)52(51(60)49(43)58)61-20-28(71)22-67)37-17-13-33(65-37)39(31-11-15-35(40)63-31)24-5-2-7-26(69)19-24/h1-2,4-7,10-19,27-28,61-62,65-71H,3,8-9,20-22H2/t27-,28-/m1/s1. The van der Waals surface area contributed by atoms with Crippen LogP contribution in [0.3, 0.4) is 0 Å². The van der Waals surface area contributed by atoms with E-state index in [0.29, 0.717) is 0 Å². The molecule has 3 aromatic heterocycles. The van der Waals surface area contributed by atoms with Gasteiger partial charge in [0.2, 0.25) is 0 Å². The lowest BCUT2D eigenvalue weighted by Crippen LogP contribution is -2.24. The number of anilines is 1. The van der Waals surface area contributed by atoms with Crippen LogP contribution in [0.1, 0.15) is 41.2 Å². The fourth-order valence-corrected chi connectivity index (χ4v) is 8.67. The number of phenols is 2. The van der Waals surface area contributed by atoms with E-state index < -0.39 is 118 Å². The maximum absolute atomic E-state index is 16.7. The summed E-state index contributed by atoms with van der Waals surface area (Å²) in [4.78, 5) is 15.5. The summed E-state index contributed by atoms with van der Waals surface area (Å²) in [5, 5.41) is 61.4. The first-order chi connectivity index (χ1) is 34.1. The van der Waals surface area contributed by atoms with E-state index in [1.165, 1.54) is 85.0 Å². The Morgan fingerprint density at radius 3 is 1.28 bits per heavy atom. The van der Waals surface area contributed by atoms with Crippen molar-refractivity contribution in [2.75, 3.05) is 25.1 Å². The van der Waals surface area contributed by atoms with Crippen LogP contribution in [0, 0.1) is 46.5 Å². The van der Waals surface area contributed by atoms with Crippen LogP contribution in [-0.4, -0.2) is 82.5 Å². The molecule has 11 nitrogen and oxygen atoms in total. The summed E-state index contributed by atoms with van der Waals surface area (Å²) >= 11 is 0. The van der Waals surface area contributed by atoms with Crippen molar-refractivity contribution in [3.05, 3.63) is 148 Å². The molecule has 5 heterocycles. The summed E-state index contributed by atoms with van der Waals surface area (Å²) < 4.78 is 131. The second-order valence-electron chi connectivity index (χ2n) is 16.7. The van der Waals surface area contributed by atoms with Gasteiger partial charge in [0, 0.05) is 56.4 Å². The Morgan fingerprint density at radius 1 is 0.479 bits per heavy atom. The van der Waals surface area contributed by atoms with E-state index in [1.54, 1.807) is 12.1 Å². The SMILES string of the molecule is OC[C@H](O)CCCc1c(F)c(F)c(-c2c3nc(c(-c4cccc(O)c4)c4ccc([nH]4)c(-c4c(F)c(F)c(NC[C@@H](O)CO)c(F)c4F)c4nc(c(-c5cccc(O)c5)c5ccc2[nH]5)C=C4)C=C3)c(F)c1F. The lowest BCUT2D eigenvalue weighted by molar-refractivity contribution is 0.0866. The second-order valence-corrected chi connectivity index (χ2v) is 16.7. The van der Waals surface area contributed by atoms with Crippen molar-refractivity contribution < 1.29 is 65.8 Å². The van der Waals surface area contributed by atoms with Crippen LogP contribution in [0.4, 0.5) is 40.8 Å². The quantitative estimate of drug-likeness (QED) is 0.0400. The fourth-order valence-electron chi connectivity index (χ4n) is 8.67. The Labute approximate surface area is 397 Å². The fraction of sp³-hybridized carbons (Fsp3) is 0.154. The number of aliphatic hydroxyl groups is 4. The van der Waals surface area contributed by atoms with Gasteiger partial charge in [-0.15, -0.1) is 0 Å². The zero-order chi connectivity index (χ0) is 50.4. The number of aromatic hydroxyl groups is 2. The van der Waals surface area contributed by atoms with Crippen LogP contribution >= 0.6 is 0 Å². The molecule has 2 aliphatic heterocycles. The van der Waals surface area contributed by atoms with Crippen LogP contribution in [0.2, 0.25) is 0 Å². The van der Waals surface area contributed by atoms with E-state index in [1.807, 2.05) is 0 Å². The first kappa shape index (κ1) is 48.2. The maximum Gasteiger partial charge on any atom is 0.185 e. The zero-order valence-corrected chi connectivity index (χ0v) is 36.7. The summed E-state index contributed by atoms with van der Waals surface area (Å²) in [5.74, 6) is -14.9. The monoisotopic (exact) mass is 981 g/mol. The molecule has 8 bridgehead atoms. The molecule has 4 aromatic carbocycles. The second kappa shape index (κ2) is 19.5. The third-order valence-corrected chi connectivity index (χ3v) is 12.0. The molecule has 7 aromatic rings. The number of aliphatic hydroxyl groups excluding tert-OH is 4. The molecule has 0 radical (unpaired) electrons. The summed E-state index contributed by atoms with van der Waals surface area (Å²) in [5.41, 5.74) is -5.42. The smallest absolute Gasteiger partial charge is 0.185 e. The first-order valence-electron chi connectivity index (χ1n) is 21.9. The lowest BCUT2D eigenvalue weighted by Gasteiger charge is -2.16. The van der Waals surface area contributed by atoms with Crippen LogP contribution in [0.25, 0.3) is 90.9 Å². The van der Waals surface area contributed by atoms with Crippen LogP contribution < -0.4 is 5.32 Å². The lowest BCUT2D eigenvalue weighted by atomic mass is 9.97. The van der Waals surface area contributed by atoms with Crippen LogP contribution in [0.5, 0.6) is 11.5 Å². The highest BCUT2D eigenvalue weighted by atomic mass is 19.2. The predicted octanol–water partition coefficient (Wildman–Crippen LogP) is 10.3. The van der Waals surface area contributed by atoms with Gasteiger partial charge in [0.1, 0.15) is 17.2 Å². The molecule has 0 aliphatic carbocycles. The molecule has 0 saturated heterocycles. The number of fused-ring (bicyclic) bond motifs is 8. The molecule has 0 spiro atoms. The Hall–Kier alpha value is -7.84. The Balaban J connectivity index is 1.43. The number of aromatic nitrogens is 4. The molecule has 9 N–H and O–H groups in total. The third-order valence-electron chi connectivity index (χ3n) is 12.0. The molecule has 2 atom stereocenters. The molecule has 0 amide bonds. The highest BCUT2D eigenvalue weighted by Gasteiger charge is 2.32. The highest BCUT2D eigenvalue weighted by molar-refractivity contribution is 6.00. The van der Waals surface area contributed by atoms with Gasteiger partial charge in [-0.05, 0) is 103 Å². The van der Waals surface area contributed by atoms with Gasteiger partial charge in [-0.3, -0.25) is 0 Å². The summed E-state index contributed by atoms with van der Waals surface area (Å²) in [6, 6.07) is 16.9. The summed E-state index contributed by atoms with van der Waals surface area (Å²) in [7, 11) is 0. The molecule has 0 unspecified atom stereocenters. The van der Waals surface area contributed by atoms with Gasteiger partial charge in [-0.25, -0.2) is 45.1 Å². The number of hydrogen-bond donors (Lipinski definition) is 9. The number of benzene rings is 4. The molecular formula is C52H39F8N5O6. The number of phenolic OH excluding ortho intramolecular Hbond substituents is 2. The Bertz CT molecular complexity index is 3420. The summed E-state index contributed by atoms with van der Waals surface area (Å²) in [6.07, 6.45) is 1.77. The minimum atomic E-state index is -1.87. The topological polar surface area (TPSA) is 191 Å². The van der Waals surface area contributed by atoms with Gasteiger partial charge < -0.3 is 45.9 Å². The number of nitrogens with zero attached hydrogens (tertiary/aromatic N) is 2. The number of aromatic amines is 2. The molecule has 2 aliphatic rings. The molecule has 0 fully saturated rings. The number of rotatable bonds is 13. The molecule has 0 saturated carbocycles. The largest absolute Gasteiger partial charge is 0.508 e. The van der Waals surface area contributed by atoms with E-state index >= 15 is 35.1 Å². The van der Waals surface area contributed by atoms with E-state index in [2.05, 4.69) is 15.3 Å². The molecule has 19 heteroatoms. The third kappa shape index (κ3) is 8.88. The molecular weight excluding hydrogens is 943 g/mol. The summed E-state index contributed by atoms with van der Waals surface area (Å²) in [6.45, 7) is -2.16. The van der Waals surface area contributed by atoms with Crippen molar-refractivity contribution in [2.24, 2.45) is 0 Å². The molecule has 364 valence electrons. The van der Waals surface area contributed by atoms with Gasteiger partial charge in [0.25, 0.3) is 0 Å². The maximum atomic E-state index is 16.7. The van der Waals surface area contributed by atoms with Gasteiger partial charge in [0.15, 0.2) is 46.5 Å². The van der Waals surface area contributed by atoms with Crippen molar-refractivity contribution in [3.8, 4) is 56.0 Å². The minimum absolute atomic E-state index is 0.000755. The Kier molecular flexibility index (Phi) is 13.2. The average Bonchev–Trinajstić information content (AvgIpc) is 4.22. The minimum Gasteiger partial charge on any atom is -0.508 e.